The molecular weight excluding hydrogens is 669 g/mol. The van der Waals surface area contributed by atoms with E-state index < -0.39 is 0 Å². The van der Waals surface area contributed by atoms with E-state index in [0.717, 1.165) is 41.3 Å². The molecule has 10 heteroatoms. The van der Waals surface area contributed by atoms with Crippen molar-refractivity contribution in [2.45, 2.75) is 44.6 Å². The topological polar surface area (TPSA) is 65.7 Å². The van der Waals surface area contributed by atoms with Crippen LogP contribution >= 0.6 is 55.1 Å². The van der Waals surface area contributed by atoms with Gasteiger partial charge in [-0.1, -0.05) is 64.5 Å². The summed E-state index contributed by atoms with van der Waals surface area (Å²) in [7, 11) is 1.57. The average molecular weight is 694 g/mol. The van der Waals surface area contributed by atoms with E-state index in [1.165, 1.54) is 11.1 Å². The lowest BCUT2D eigenvalue weighted by atomic mass is 9.88. The monoisotopic (exact) mass is 691 g/mol. The van der Waals surface area contributed by atoms with Crippen molar-refractivity contribution in [3.8, 4) is 11.5 Å². The molecule has 1 aliphatic carbocycles. The van der Waals surface area contributed by atoms with E-state index in [0.29, 0.717) is 42.7 Å². The minimum atomic E-state index is -0.189. The van der Waals surface area contributed by atoms with Crippen molar-refractivity contribution in [3.05, 3.63) is 94.8 Å². The summed E-state index contributed by atoms with van der Waals surface area (Å²) in [5.74, 6) is 1.96. The van der Waals surface area contributed by atoms with E-state index >= 15 is 0 Å². The molecule has 0 saturated heterocycles. The van der Waals surface area contributed by atoms with Crippen molar-refractivity contribution in [1.82, 2.24) is 9.66 Å². The van der Waals surface area contributed by atoms with Crippen molar-refractivity contribution in [1.29, 1.82) is 0 Å². The van der Waals surface area contributed by atoms with Crippen LogP contribution in [0.15, 0.2) is 67.4 Å². The summed E-state index contributed by atoms with van der Waals surface area (Å²) in [4.78, 5) is 18.5. The number of ether oxygens (including phenoxy) is 2. The van der Waals surface area contributed by atoms with E-state index in [1.807, 2.05) is 30.3 Å². The Morgan fingerprint density at radius 1 is 1.05 bits per heavy atom. The Morgan fingerprint density at radius 2 is 1.85 bits per heavy atom. The van der Waals surface area contributed by atoms with Crippen molar-refractivity contribution < 1.29 is 9.47 Å². The van der Waals surface area contributed by atoms with E-state index in [4.69, 9.17) is 37.7 Å². The molecule has 0 bridgehead atoms. The molecule has 0 amide bonds. The van der Waals surface area contributed by atoms with Crippen LogP contribution in [0.25, 0.3) is 10.9 Å². The number of fused-ring (bicyclic) bond motifs is 1. The summed E-state index contributed by atoms with van der Waals surface area (Å²) in [5.41, 5.74) is 2.10. The highest BCUT2D eigenvalue weighted by Gasteiger charge is 2.22. The van der Waals surface area contributed by atoms with Gasteiger partial charge in [0.2, 0.25) is 0 Å². The molecule has 202 valence electrons. The highest BCUT2D eigenvalue weighted by molar-refractivity contribution is 9.10. The van der Waals surface area contributed by atoms with Gasteiger partial charge in [-0.25, -0.2) is 4.98 Å². The van der Waals surface area contributed by atoms with Crippen LogP contribution in [-0.2, 0) is 6.61 Å². The third kappa shape index (κ3) is 6.35. The van der Waals surface area contributed by atoms with Gasteiger partial charge in [0.25, 0.3) is 5.56 Å². The van der Waals surface area contributed by atoms with Gasteiger partial charge < -0.3 is 9.47 Å². The second-order valence-corrected chi connectivity index (χ2v) is 12.0. The SMILES string of the molecule is COc1cc(C=Nn2c(C3CCCCC3)nc3ccc(Br)cc3c2=O)cc(Br)c1OCc1ccc(Cl)c(Cl)c1. The normalized spacial score (nSPS) is 14.3. The van der Waals surface area contributed by atoms with Crippen LogP contribution in [-0.4, -0.2) is 23.0 Å². The van der Waals surface area contributed by atoms with Crippen molar-refractivity contribution in [2.24, 2.45) is 5.10 Å². The van der Waals surface area contributed by atoms with Gasteiger partial charge in [-0.15, -0.1) is 0 Å². The summed E-state index contributed by atoms with van der Waals surface area (Å²) in [6, 6.07) is 14.6. The number of nitrogens with zero attached hydrogens (tertiary/aromatic N) is 3. The molecule has 0 N–H and O–H groups in total. The number of aromatic nitrogens is 2. The number of hydrogen-bond acceptors (Lipinski definition) is 5. The molecule has 0 spiro atoms. The van der Waals surface area contributed by atoms with Crippen LogP contribution < -0.4 is 15.0 Å². The Labute approximate surface area is 253 Å². The van der Waals surface area contributed by atoms with Gasteiger partial charge in [0.15, 0.2) is 11.5 Å². The number of benzene rings is 3. The summed E-state index contributed by atoms with van der Waals surface area (Å²) in [6.45, 7) is 0.276. The minimum absolute atomic E-state index is 0.189. The first-order valence-electron chi connectivity index (χ1n) is 12.5. The molecule has 3 aromatic carbocycles. The quantitative estimate of drug-likeness (QED) is 0.182. The standard InChI is InChI=1S/C29H25Br2Cl2N3O3/c1-38-26-13-18(11-22(31)27(26)39-16-17-7-9-23(32)24(33)12-17)15-34-36-28(19-5-3-2-4-6-19)35-25-10-8-20(30)14-21(25)29(36)37/h7-15,19H,2-6,16H2,1H3. The maximum Gasteiger partial charge on any atom is 0.282 e. The summed E-state index contributed by atoms with van der Waals surface area (Å²) >= 11 is 19.2. The van der Waals surface area contributed by atoms with Crippen LogP contribution in [0.5, 0.6) is 11.5 Å². The summed E-state index contributed by atoms with van der Waals surface area (Å²) in [5, 5.41) is 6.12. The average Bonchev–Trinajstić information content (AvgIpc) is 2.94. The van der Waals surface area contributed by atoms with Crippen molar-refractivity contribution >= 4 is 72.2 Å². The lowest BCUT2D eigenvalue weighted by Gasteiger charge is -2.22. The van der Waals surface area contributed by atoms with Crippen molar-refractivity contribution in [3.63, 3.8) is 0 Å². The Bertz CT molecular complexity index is 1620. The first-order valence-corrected chi connectivity index (χ1v) is 14.9. The minimum Gasteiger partial charge on any atom is -0.493 e. The first kappa shape index (κ1) is 28.1. The zero-order valence-corrected chi connectivity index (χ0v) is 25.8. The molecule has 0 radical (unpaired) electrons. The Balaban J connectivity index is 1.48. The molecule has 5 rings (SSSR count). The highest BCUT2D eigenvalue weighted by Crippen LogP contribution is 2.37. The van der Waals surface area contributed by atoms with Crippen LogP contribution in [0, 0.1) is 0 Å². The van der Waals surface area contributed by atoms with E-state index in [9.17, 15) is 4.79 Å². The zero-order chi connectivity index (χ0) is 27.5. The van der Waals surface area contributed by atoms with Gasteiger partial charge in [-0.05, 0) is 82.4 Å². The fraction of sp³-hybridized carbons (Fsp3) is 0.276. The third-order valence-electron chi connectivity index (χ3n) is 6.74. The number of rotatable bonds is 7. The number of halogens is 4. The smallest absolute Gasteiger partial charge is 0.282 e. The van der Waals surface area contributed by atoms with E-state index in [2.05, 4.69) is 37.0 Å². The first-order chi connectivity index (χ1) is 18.8. The van der Waals surface area contributed by atoms with Crippen molar-refractivity contribution in [2.75, 3.05) is 7.11 Å². The lowest BCUT2D eigenvalue weighted by molar-refractivity contribution is 0.282. The van der Waals surface area contributed by atoms with Crippen LogP contribution in [0.2, 0.25) is 10.0 Å². The molecule has 39 heavy (non-hydrogen) atoms. The number of methoxy groups -OCH3 is 1. The fourth-order valence-corrected chi connectivity index (χ4v) is 6.02. The molecule has 4 aromatic rings. The van der Waals surface area contributed by atoms with Gasteiger partial charge in [0.1, 0.15) is 12.4 Å². The molecule has 1 saturated carbocycles. The molecule has 1 fully saturated rings. The Kier molecular flexibility index (Phi) is 8.96. The van der Waals surface area contributed by atoms with E-state index in [-0.39, 0.29) is 18.1 Å². The van der Waals surface area contributed by atoms with Gasteiger partial charge in [-0.3, -0.25) is 4.79 Å². The molecule has 1 aromatic heterocycles. The molecule has 0 unspecified atom stereocenters. The summed E-state index contributed by atoms with van der Waals surface area (Å²) < 4.78 is 14.6. The maximum absolute atomic E-state index is 13.6. The van der Waals surface area contributed by atoms with Crippen LogP contribution in [0.3, 0.4) is 0 Å². The summed E-state index contributed by atoms with van der Waals surface area (Å²) in [6.07, 6.45) is 7.09. The fourth-order valence-electron chi connectivity index (χ4n) is 4.77. The van der Waals surface area contributed by atoms with Crippen LogP contribution in [0.4, 0.5) is 0 Å². The molecule has 0 atom stereocenters. The predicted molar refractivity (Wildman–Crippen MR) is 164 cm³/mol. The number of hydrogen-bond donors (Lipinski definition) is 0. The Morgan fingerprint density at radius 3 is 2.59 bits per heavy atom. The molecule has 6 nitrogen and oxygen atoms in total. The molecular formula is C29H25Br2Cl2N3O3. The van der Waals surface area contributed by atoms with Gasteiger partial charge in [-0.2, -0.15) is 9.78 Å². The second-order valence-electron chi connectivity index (χ2n) is 9.40. The van der Waals surface area contributed by atoms with Gasteiger partial charge in [0.05, 0.1) is 38.7 Å². The molecule has 0 aliphatic heterocycles. The van der Waals surface area contributed by atoms with Gasteiger partial charge in [0, 0.05) is 10.4 Å². The molecule has 1 aliphatic rings. The Hall–Kier alpha value is -2.39. The zero-order valence-electron chi connectivity index (χ0n) is 21.1. The highest BCUT2D eigenvalue weighted by atomic mass is 79.9. The third-order valence-corrected chi connectivity index (χ3v) is 8.57. The largest absolute Gasteiger partial charge is 0.493 e. The second kappa shape index (κ2) is 12.4. The van der Waals surface area contributed by atoms with E-state index in [1.54, 1.807) is 31.5 Å². The predicted octanol–water partition coefficient (Wildman–Crippen LogP) is 8.75. The van der Waals surface area contributed by atoms with Gasteiger partial charge >= 0.3 is 0 Å². The lowest BCUT2D eigenvalue weighted by Crippen LogP contribution is -2.25. The maximum atomic E-state index is 13.6. The molecule has 1 heterocycles. The van der Waals surface area contributed by atoms with Crippen LogP contribution in [0.1, 0.15) is 55.0 Å².